The van der Waals surface area contributed by atoms with Crippen LogP contribution >= 0.6 is 11.8 Å². The topological polar surface area (TPSA) is 75.6 Å². The van der Waals surface area contributed by atoms with E-state index in [1.807, 2.05) is 30.3 Å². The number of anilines is 1. The van der Waals surface area contributed by atoms with Gasteiger partial charge in [-0.05, 0) is 37.5 Å². The van der Waals surface area contributed by atoms with Crippen molar-refractivity contribution >= 4 is 28.7 Å². The van der Waals surface area contributed by atoms with Gasteiger partial charge in [0.25, 0.3) is 5.56 Å². The molecule has 2 N–H and O–H groups in total. The number of benzene rings is 1. The Kier molecular flexibility index (Phi) is 4.66. The summed E-state index contributed by atoms with van der Waals surface area (Å²) in [5.74, 6) is 1.54. The maximum Gasteiger partial charge on any atom is 0.263 e. The molecule has 2 aromatic heterocycles. The first-order valence-corrected chi connectivity index (χ1v) is 8.87. The van der Waals surface area contributed by atoms with Crippen molar-refractivity contribution in [1.82, 2.24) is 19.7 Å². The van der Waals surface area contributed by atoms with Crippen LogP contribution in [-0.4, -0.2) is 37.8 Å². The summed E-state index contributed by atoms with van der Waals surface area (Å²) in [6.07, 6.45) is 4.63. The van der Waals surface area contributed by atoms with Gasteiger partial charge < -0.3 is 5.32 Å². The van der Waals surface area contributed by atoms with Gasteiger partial charge in [-0.3, -0.25) is 9.78 Å². The van der Waals surface area contributed by atoms with Crippen LogP contribution in [0.2, 0.25) is 0 Å². The van der Waals surface area contributed by atoms with Crippen molar-refractivity contribution < 1.29 is 0 Å². The lowest BCUT2D eigenvalue weighted by Crippen LogP contribution is -2.21. The fraction of sp³-hybridized carbons (Fsp3) is 0.312. The highest BCUT2D eigenvalue weighted by Crippen LogP contribution is 2.15. The Bertz CT molecular complexity index is 843. The zero-order valence-electron chi connectivity index (χ0n) is 13.1. The number of fused-ring (bicyclic) bond motifs is 1. The molecule has 0 aliphatic rings. The lowest BCUT2D eigenvalue weighted by Gasteiger charge is -2.13. The molecule has 3 aromatic rings. The number of hydrogen-bond donors (Lipinski definition) is 2. The zero-order chi connectivity index (χ0) is 16.2. The summed E-state index contributed by atoms with van der Waals surface area (Å²) < 4.78 is 1.68. The lowest BCUT2D eigenvalue weighted by molar-refractivity contribution is 0.759. The number of H-pyrrole nitrogens is 1. The number of aromatic amines is 1. The van der Waals surface area contributed by atoms with Crippen molar-refractivity contribution in [3.8, 4) is 5.69 Å². The van der Waals surface area contributed by atoms with Crippen LogP contribution in [0, 0.1) is 0 Å². The summed E-state index contributed by atoms with van der Waals surface area (Å²) in [4.78, 5) is 19.6. The van der Waals surface area contributed by atoms with E-state index in [-0.39, 0.29) is 11.6 Å². The Balaban J connectivity index is 1.98. The average Bonchev–Trinajstić information content (AvgIpc) is 2.98. The third-order valence-corrected chi connectivity index (χ3v) is 4.22. The number of hydrogen-bond acceptors (Lipinski definition) is 5. The highest BCUT2D eigenvalue weighted by Gasteiger charge is 2.12. The molecule has 0 saturated heterocycles. The Morgan fingerprint density at radius 1 is 1.35 bits per heavy atom. The second kappa shape index (κ2) is 6.87. The van der Waals surface area contributed by atoms with Gasteiger partial charge in [0.1, 0.15) is 5.39 Å². The summed E-state index contributed by atoms with van der Waals surface area (Å²) in [5.41, 5.74) is 1.25. The first-order chi connectivity index (χ1) is 11.2. The molecular formula is C16H19N5OS. The minimum absolute atomic E-state index is 0.184. The van der Waals surface area contributed by atoms with Crippen LogP contribution in [0.1, 0.15) is 13.3 Å². The summed E-state index contributed by atoms with van der Waals surface area (Å²) >= 11 is 1.80. The minimum atomic E-state index is -0.184. The van der Waals surface area contributed by atoms with Crippen molar-refractivity contribution in [1.29, 1.82) is 0 Å². The van der Waals surface area contributed by atoms with E-state index in [0.717, 1.165) is 17.9 Å². The lowest BCUT2D eigenvalue weighted by atomic mass is 10.3. The number of nitrogens with one attached hydrogen (secondary N) is 2. The van der Waals surface area contributed by atoms with Crippen LogP contribution < -0.4 is 10.9 Å². The van der Waals surface area contributed by atoms with E-state index in [9.17, 15) is 4.79 Å². The van der Waals surface area contributed by atoms with Gasteiger partial charge >= 0.3 is 0 Å². The van der Waals surface area contributed by atoms with Crippen molar-refractivity contribution in [2.75, 3.05) is 17.3 Å². The highest BCUT2D eigenvalue weighted by atomic mass is 32.2. The monoisotopic (exact) mass is 329 g/mol. The highest BCUT2D eigenvalue weighted by molar-refractivity contribution is 7.98. The molecular weight excluding hydrogens is 310 g/mol. The molecule has 0 amide bonds. The average molecular weight is 329 g/mol. The van der Waals surface area contributed by atoms with E-state index in [1.54, 1.807) is 22.6 Å². The molecule has 3 rings (SSSR count). The largest absolute Gasteiger partial charge is 0.353 e. The number of rotatable bonds is 6. The number of thioether (sulfide) groups is 1. The van der Waals surface area contributed by atoms with E-state index >= 15 is 0 Å². The normalized spacial score (nSPS) is 12.4. The molecule has 0 bridgehead atoms. The molecule has 0 aliphatic heterocycles. The van der Waals surface area contributed by atoms with E-state index in [4.69, 9.17) is 0 Å². The molecule has 120 valence electrons. The number of para-hydroxylation sites is 1. The van der Waals surface area contributed by atoms with Crippen LogP contribution in [0.4, 0.5) is 5.95 Å². The van der Waals surface area contributed by atoms with Gasteiger partial charge in [-0.25, -0.2) is 4.68 Å². The Morgan fingerprint density at radius 2 is 2.13 bits per heavy atom. The molecule has 1 atom stereocenters. The van der Waals surface area contributed by atoms with E-state index in [1.165, 1.54) is 0 Å². The van der Waals surface area contributed by atoms with Crippen LogP contribution in [0.5, 0.6) is 0 Å². The minimum Gasteiger partial charge on any atom is -0.353 e. The quantitative estimate of drug-likeness (QED) is 0.727. The van der Waals surface area contributed by atoms with Crippen LogP contribution in [0.15, 0.2) is 41.3 Å². The Morgan fingerprint density at radius 3 is 2.87 bits per heavy atom. The van der Waals surface area contributed by atoms with Crippen molar-refractivity contribution in [3.05, 3.63) is 46.9 Å². The second-order valence-electron chi connectivity index (χ2n) is 5.37. The molecule has 1 aromatic carbocycles. The SMILES string of the molecule is CSCC[C@@H](C)Nc1nc2c(cnn2-c2ccccc2)c(=O)[nH]1. The molecule has 0 aliphatic carbocycles. The number of nitrogens with zero attached hydrogens (tertiary/aromatic N) is 3. The maximum atomic E-state index is 12.2. The summed E-state index contributed by atoms with van der Waals surface area (Å²) in [6, 6.07) is 9.90. The zero-order valence-corrected chi connectivity index (χ0v) is 13.9. The summed E-state index contributed by atoms with van der Waals surface area (Å²) in [6.45, 7) is 2.08. The smallest absolute Gasteiger partial charge is 0.263 e. The molecule has 0 saturated carbocycles. The van der Waals surface area contributed by atoms with Gasteiger partial charge in [-0.1, -0.05) is 18.2 Å². The third kappa shape index (κ3) is 3.39. The van der Waals surface area contributed by atoms with Gasteiger partial charge in [0.2, 0.25) is 5.95 Å². The molecule has 2 heterocycles. The molecule has 0 fully saturated rings. The first kappa shape index (κ1) is 15.6. The molecule has 6 nitrogen and oxygen atoms in total. The van der Waals surface area contributed by atoms with Crippen LogP contribution in [0.3, 0.4) is 0 Å². The predicted octanol–water partition coefficient (Wildman–Crippen LogP) is 2.66. The van der Waals surface area contributed by atoms with Crippen molar-refractivity contribution in [2.45, 2.75) is 19.4 Å². The van der Waals surface area contributed by atoms with Crippen LogP contribution in [-0.2, 0) is 0 Å². The standard InChI is InChI=1S/C16H19N5OS/c1-11(8-9-23-2)18-16-19-14-13(15(22)20-16)10-17-21(14)12-6-4-3-5-7-12/h3-7,10-11H,8-9H2,1-2H3,(H2,18,19,20,22)/t11-/m1/s1. The van der Waals surface area contributed by atoms with Gasteiger partial charge in [-0.15, -0.1) is 0 Å². The Hall–Kier alpha value is -2.28. The first-order valence-electron chi connectivity index (χ1n) is 7.48. The maximum absolute atomic E-state index is 12.2. The predicted molar refractivity (Wildman–Crippen MR) is 95.6 cm³/mol. The van der Waals surface area contributed by atoms with Gasteiger partial charge in [0.05, 0.1) is 11.9 Å². The molecule has 23 heavy (non-hydrogen) atoms. The molecule has 0 unspecified atom stereocenters. The summed E-state index contributed by atoms with van der Waals surface area (Å²) in [7, 11) is 0. The third-order valence-electron chi connectivity index (χ3n) is 3.58. The van der Waals surface area contributed by atoms with E-state index < -0.39 is 0 Å². The molecule has 0 spiro atoms. The van der Waals surface area contributed by atoms with Crippen molar-refractivity contribution in [3.63, 3.8) is 0 Å². The van der Waals surface area contributed by atoms with Gasteiger partial charge in [0, 0.05) is 6.04 Å². The van der Waals surface area contributed by atoms with Crippen LogP contribution in [0.25, 0.3) is 16.7 Å². The van der Waals surface area contributed by atoms with Crippen molar-refractivity contribution in [2.24, 2.45) is 0 Å². The Labute approximate surface area is 138 Å². The van der Waals surface area contributed by atoms with E-state index in [0.29, 0.717) is 17.0 Å². The molecule has 7 heteroatoms. The van der Waals surface area contributed by atoms with Gasteiger partial charge in [0.15, 0.2) is 5.65 Å². The van der Waals surface area contributed by atoms with Gasteiger partial charge in [-0.2, -0.15) is 21.8 Å². The fourth-order valence-electron chi connectivity index (χ4n) is 2.35. The number of aromatic nitrogens is 4. The second-order valence-corrected chi connectivity index (χ2v) is 6.36. The molecule has 0 radical (unpaired) electrons. The fourth-order valence-corrected chi connectivity index (χ4v) is 2.93. The summed E-state index contributed by atoms with van der Waals surface area (Å²) in [5, 5.41) is 8.04. The van der Waals surface area contributed by atoms with E-state index in [2.05, 4.69) is 33.6 Å².